The number of esters is 1. The number of hydrogen-bond acceptors (Lipinski definition) is 5. The number of benzene rings is 3. The SMILES string of the molecule is CCOC(=O)C1=C(C)N=c2s/c(=C\c3c(-c4ccccc4)[nH]c4c(C)cc(C)cc34)c(=O)n2[C@H]1c1ccc(F)cc1. The number of nitrogens with one attached hydrogen (secondary N) is 1. The van der Waals surface area contributed by atoms with Crippen molar-refractivity contribution in [1.29, 1.82) is 0 Å². The Morgan fingerprint density at radius 1 is 1.10 bits per heavy atom. The first-order valence-corrected chi connectivity index (χ1v) is 14.2. The number of rotatable bonds is 5. The zero-order valence-electron chi connectivity index (χ0n) is 23.1. The van der Waals surface area contributed by atoms with Gasteiger partial charge in [0.2, 0.25) is 0 Å². The Labute approximate surface area is 239 Å². The third kappa shape index (κ3) is 4.64. The highest BCUT2D eigenvalue weighted by atomic mass is 32.1. The molecule has 0 amide bonds. The van der Waals surface area contributed by atoms with Gasteiger partial charge in [-0.1, -0.05) is 65.4 Å². The molecule has 5 aromatic rings. The summed E-state index contributed by atoms with van der Waals surface area (Å²) >= 11 is 1.27. The standard InChI is InChI=1S/C33H28FN3O3S/c1-5-40-32(39)27-20(4)35-33-37(30(27)22-11-13-23(34)14-12-22)31(38)26(41-33)17-25-24-16-18(2)15-19(3)28(24)36-29(25)21-9-7-6-8-10-21/h6-17,30,36H,5H2,1-4H3/b26-17-/t30-/m0/s1. The molecule has 6 nitrogen and oxygen atoms in total. The van der Waals surface area contributed by atoms with Crippen LogP contribution in [0.2, 0.25) is 0 Å². The fraction of sp³-hybridized carbons (Fsp3) is 0.182. The van der Waals surface area contributed by atoms with Crippen LogP contribution in [0.4, 0.5) is 4.39 Å². The molecule has 0 unspecified atom stereocenters. The molecule has 3 aromatic carbocycles. The van der Waals surface area contributed by atoms with Crippen LogP contribution in [0.15, 0.2) is 87.8 Å². The van der Waals surface area contributed by atoms with Gasteiger partial charge >= 0.3 is 5.97 Å². The number of aromatic amines is 1. The molecule has 206 valence electrons. The number of ether oxygens (including phenoxy) is 1. The Morgan fingerprint density at radius 3 is 2.54 bits per heavy atom. The van der Waals surface area contributed by atoms with E-state index < -0.39 is 17.8 Å². The van der Waals surface area contributed by atoms with Gasteiger partial charge in [0, 0.05) is 16.5 Å². The van der Waals surface area contributed by atoms with Crippen LogP contribution < -0.4 is 14.9 Å². The van der Waals surface area contributed by atoms with Crippen molar-refractivity contribution in [2.24, 2.45) is 4.99 Å². The lowest BCUT2D eigenvalue weighted by Crippen LogP contribution is -2.39. The molecule has 3 heterocycles. The van der Waals surface area contributed by atoms with Crippen molar-refractivity contribution in [3.63, 3.8) is 0 Å². The first-order chi connectivity index (χ1) is 19.8. The predicted molar refractivity (Wildman–Crippen MR) is 160 cm³/mol. The number of aromatic nitrogens is 2. The number of H-pyrrole nitrogens is 1. The number of carbonyl (C=O) groups excluding carboxylic acids is 1. The largest absolute Gasteiger partial charge is 0.463 e. The van der Waals surface area contributed by atoms with Gasteiger partial charge < -0.3 is 9.72 Å². The smallest absolute Gasteiger partial charge is 0.338 e. The van der Waals surface area contributed by atoms with E-state index in [1.807, 2.05) is 36.4 Å². The molecule has 0 fully saturated rings. The van der Waals surface area contributed by atoms with Crippen LogP contribution in [0.3, 0.4) is 0 Å². The fourth-order valence-corrected chi connectivity index (χ4v) is 6.57. The summed E-state index contributed by atoms with van der Waals surface area (Å²) in [7, 11) is 0. The zero-order chi connectivity index (χ0) is 28.8. The van der Waals surface area contributed by atoms with E-state index in [1.165, 1.54) is 28.0 Å². The topological polar surface area (TPSA) is 76.4 Å². The molecule has 0 radical (unpaired) electrons. The van der Waals surface area contributed by atoms with Gasteiger partial charge in [-0.15, -0.1) is 0 Å². The van der Waals surface area contributed by atoms with Crippen LogP contribution in [-0.2, 0) is 9.53 Å². The molecule has 0 spiro atoms. The molecule has 6 rings (SSSR count). The predicted octanol–water partition coefficient (Wildman–Crippen LogP) is 5.70. The third-order valence-electron chi connectivity index (χ3n) is 7.33. The molecule has 1 N–H and O–H groups in total. The monoisotopic (exact) mass is 565 g/mol. The number of aryl methyl sites for hydroxylation is 2. The lowest BCUT2D eigenvalue weighted by molar-refractivity contribution is -0.139. The van der Waals surface area contributed by atoms with Crippen molar-refractivity contribution in [2.75, 3.05) is 6.61 Å². The quantitative estimate of drug-likeness (QED) is 0.278. The summed E-state index contributed by atoms with van der Waals surface area (Å²) in [6.07, 6.45) is 1.91. The summed E-state index contributed by atoms with van der Waals surface area (Å²) in [4.78, 5) is 36.0. The maximum Gasteiger partial charge on any atom is 0.338 e. The molecule has 2 aromatic heterocycles. The summed E-state index contributed by atoms with van der Waals surface area (Å²) in [5.74, 6) is -0.954. The van der Waals surface area contributed by atoms with Crippen molar-refractivity contribution < 1.29 is 13.9 Å². The molecule has 0 saturated carbocycles. The summed E-state index contributed by atoms with van der Waals surface area (Å²) in [5.41, 5.74) is 7.12. The zero-order valence-corrected chi connectivity index (χ0v) is 23.9. The fourth-order valence-electron chi connectivity index (χ4n) is 5.54. The number of allylic oxidation sites excluding steroid dienone is 1. The maximum absolute atomic E-state index is 14.2. The van der Waals surface area contributed by atoms with Gasteiger partial charge in [-0.3, -0.25) is 9.36 Å². The van der Waals surface area contributed by atoms with Crippen LogP contribution >= 0.6 is 11.3 Å². The molecule has 8 heteroatoms. The molecule has 41 heavy (non-hydrogen) atoms. The van der Waals surface area contributed by atoms with Crippen molar-refractivity contribution in [2.45, 2.75) is 33.7 Å². The average molecular weight is 566 g/mol. The average Bonchev–Trinajstić information content (AvgIpc) is 3.46. The number of carbonyl (C=O) groups is 1. The first-order valence-electron chi connectivity index (χ1n) is 13.4. The van der Waals surface area contributed by atoms with Gasteiger partial charge in [-0.2, -0.15) is 0 Å². The Morgan fingerprint density at radius 2 is 1.83 bits per heavy atom. The summed E-state index contributed by atoms with van der Waals surface area (Å²) in [6.45, 7) is 7.77. The van der Waals surface area contributed by atoms with Crippen LogP contribution in [0.25, 0.3) is 28.2 Å². The highest BCUT2D eigenvalue weighted by Gasteiger charge is 2.33. The Balaban J connectivity index is 1.63. The second-order valence-electron chi connectivity index (χ2n) is 10.1. The Kier molecular flexibility index (Phi) is 6.79. The minimum atomic E-state index is -0.797. The van der Waals surface area contributed by atoms with E-state index in [-0.39, 0.29) is 17.7 Å². The molecule has 1 aliphatic heterocycles. The number of fused-ring (bicyclic) bond motifs is 2. The molecular formula is C33H28FN3O3S. The van der Waals surface area contributed by atoms with Crippen molar-refractivity contribution in [1.82, 2.24) is 9.55 Å². The van der Waals surface area contributed by atoms with E-state index in [0.29, 0.717) is 20.6 Å². The van der Waals surface area contributed by atoms with Gasteiger partial charge in [0.1, 0.15) is 5.82 Å². The van der Waals surface area contributed by atoms with Gasteiger partial charge in [0.15, 0.2) is 4.80 Å². The molecule has 1 aliphatic rings. The number of nitrogens with zero attached hydrogens (tertiary/aromatic N) is 2. The van der Waals surface area contributed by atoms with E-state index in [4.69, 9.17) is 4.74 Å². The summed E-state index contributed by atoms with van der Waals surface area (Å²) < 4.78 is 21.2. The van der Waals surface area contributed by atoms with E-state index in [2.05, 4.69) is 36.0 Å². The van der Waals surface area contributed by atoms with E-state index in [9.17, 15) is 14.0 Å². The lowest BCUT2D eigenvalue weighted by Gasteiger charge is -2.24. The first kappa shape index (κ1) is 26.7. The third-order valence-corrected chi connectivity index (χ3v) is 8.31. The molecule has 1 atom stereocenters. The molecule has 0 aliphatic carbocycles. The second-order valence-corrected chi connectivity index (χ2v) is 11.1. The molecule has 0 saturated heterocycles. The van der Waals surface area contributed by atoms with Crippen molar-refractivity contribution in [3.8, 4) is 11.3 Å². The Hall–Kier alpha value is -4.56. The van der Waals surface area contributed by atoms with Gasteiger partial charge in [-0.25, -0.2) is 14.2 Å². The number of halogens is 1. The van der Waals surface area contributed by atoms with Crippen LogP contribution in [0.5, 0.6) is 0 Å². The van der Waals surface area contributed by atoms with Gasteiger partial charge in [0.25, 0.3) is 5.56 Å². The van der Waals surface area contributed by atoms with E-state index in [1.54, 1.807) is 26.0 Å². The van der Waals surface area contributed by atoms with E-state index >= 15 is 0 Å². The highest BCUT2D eigenvalue weighted by Crippen LogP contribution is 2.34. The minimum absolute atomic E-state index is 0.178. The summed E-state index contributed by atoms with van der Waals surface area (Å²) in [6, 6.07) is 19.3. The van der Waals surface area contributed by atoms with E-state index in [0.717, 1.165) is 38.9 Å². The highest BCUT2D eigenvalue weighted by molar-refractivity contribution is 7.07. The van der Waals surface area contributed by atoms with Crippen LogP contribution in [0.1, 0.15) is 42.1 Å². The van der Waals surface area contributed by atoms with Gasteiger partial charge in [-0.05, 0) is 68.7 Å². The van der Waals surface area contributed by atoms with Crippen molar-refractivity contribution in [3.05, 3.63) is 126 Å². The lowest BCUT2D eigenvalue weighted by atomic mass is 9.96. The number of hydrogen-bond donors (Lipinski definition) is 1. The van der Waals surface area contributed by atoms with Crippen molar-refractivity contribution >= 4 is 34.3 Å². The maximum atomic E-state index is 14.2. The normalized spacial score (nSPS) is 15.2. The molecular weight excluding hydrogens is 537 g/mol. The Bertz CT molecular complexity index is 2030. The second kappa shape index (κ2) is 10.4. The molecule has 0 bridgehead atoms. The number of thiazole rings is 1. The van der Waals surface area contributed by atoms with Gasteiger partial charge in [0.05, 0.1) is 34.1 Å². The minimum Gasteiger partial charge on any atom is -0.463 e. The summed E-state index contributed by atoms with van der Waals surface area (Å²) in [5, 5.41) is 1.02. The van der Waals surface area contributed by atoms with Crippen LogP contribution in [-0.4, -0.2) is 22.1 Å². The van der Waals surface area contributed by atoms with Crippen LogP contribution in [0, 0.1) is 19.7 Å².